The van der Waals surface area contributed by atoms with Gasteiger partial charge in [0, 0.05) is 32.4 Å². The van der Waals surface area contributed by atoms with E-state index < -0.39 is 30.7 Å². The van der Waals surface area contributed by atoms with Crippen LogP contribution in [0.4, 0.5) is 5.82 Å². The molecule has 1 aliphatic heterocycles. The summed E-state index contributed by atoms with van der Waals surface area (Å²) in [5.74, 6) is -2.77. The number of carboxylic acids is 1. The summed E-state index contributed by atoms with van der Waals surface area (Å²) >= 11 is 0. The molecule has 10 nitrogen and oxygen atoms in total. The number of amides is 1. The van der Waals surface area contributed by atoms with Gasteiger partial charge in [-0.25, -0.2) is 9.78 Å². The quantitative estimate of drug-likeness (QED) is 0.311. The Labute approximate surface area is 185 Å². The lowest BCUT2D eigenvalue weighted by Gasteiger charge is -2.28. The van der Waals surface area contributed by atoms with Gasteiger partial charge < -0.3 is 35.8 Å². The van der Waals surface area contributed by atoms with Crippen molar-refractivity contribution in [2.45, 2.75) is 12.4 Å². The van der Waals surface area contributed by atoms with Gasteiger partial charge in [-0.3, -0.25) is 4.79 Å². The number of halogens is 1. The molecule has 1 aromatic carbocycles. The largest absolute Gasteiger partial charge is 0.507 e. The third-order valence-corrected chi connectivity index (χ3v) is 4.92. The second kappa shape index (κ2) is 11.0. The third-order valence-electron chi connectivity index (χ3n) is 4.92. The zero-order valence-electron chi connectivity index (χ0n) is 16.6. The molecule has 0 aliphatic carbocycles. The molecule has 2 heterocycles. The maximum Gasteiger partial charge on any atom is 0.475 e. The van der Waals surface area contributed by atoms with E-state index >= 15 is 0 Å². The molecule has 1 fully saturated rings. The minimum Gasteiger partial charge on any atom is -0.507 e. The van der Waals surface area contributed by atoms with Crippen LogP contribution in [0.1, 0.15) is 26.3 Å². The first-order valence-electron chi connectivity index (χ1n) is 9.49. The summed E-state index contributed by atoms with van der Waals surface area (Å²) in [6.45, 7) is 3.35. The molecule has 1 unspecified atom stereocenters. The zero-order valence-corrected chi connectivity index (χ0v) is 17.4. The third kappa shape index (κ3) is 6.08. The van der Waals surface area contributed by atoms with Crippen LogP contribution in [0, 0.1) is 0 Å². The van der Waals surface area contributed by atoms with Crippen LogP contribution in [0.3, 0.4) is 0 Å². The highest BCUT2D eigenvalue weighted by atomic mass is 35.5. The first-order chi connectivity index (χ1) is 14.4. The topological polar surface area (TPSA) is 155 Å². The molecular formula is C19H24BClN4O6. The van der Waals surface area contributed by atoms with Crippen LogP contribution in [0.5, 0.6) is 5.75 Å². The van der Waals surface area contributed by atoms with E-state index in [4.69, 9.17) is 5.11 Å². The molecule has 0 saturated carbocycles. The smallest absolute Gasteiger partial charge is 0.475 e. The molecule has 166 valence electrons. The number of rotatable bonds is 7. The molecule has 2 aromatic rings. The maximum atomic E-state index is 12.5. The Bertz CT molecular complexity index is 909. The van der Waals surface area contributed by atoms with Crippen LogP contribution >= 0.6 is 12.4 Å². The molecule has 12 heteroatoms. The summed E-state index contributed by atoms with van der Waals surface area (Å²) in [5.41, 5.74) is 0.0984. The van der Waals surface area contributed by atoms with Gasteiger partial charge in [-0.05, 0) is 30.2 Å². The molecule has 31 heavy (non-hydrogen) atoms. The average Bonchev–Trinajstić information content (AvgIpc) is 2.75. The molecule has 1 aliphatic rings. The molecule has 0 radical (unpaired) electrons. The number of carbonyl (C=O) groups is 2. The molecule has 1 aromatic heterocycles. The van der Waals surface area contributed by atoms with Crippen LogP contribution in [-0.2, 0) is 6.42 Å². The number of anilines is 1. The minimum absolute atomic E-state index is 0. The number of pyridine rings is 1. The molecular weight excluding hydrogens is 426 g/mol. The van der Waals surface area contributed by atoms with Crippen LogP contribution in [0.25, 0.3) is 0 Å². The van der Waals surface area contributed by atoms with Gasteiger partial charge in [-0.1, -0.05) is 12.1 Å². The van der Waals surface area contributed by atoms with Crippen LogP contribution < -0.4 is 15.5 Å². The fourth-order valence-corrected chi connectivity index (χ4v) is 3.25. The predicted octanol–water partition coefficient (Wildman–Crippen LogP) is -0.330. The number of carbonyl (C=O) groups excluding carboxylic acids is 1. The van der Waals surface area contributed by atoms with E-state index in [1.165, 1.54) is 24.4 Å². The van der Waals surface area contributed by atoms with E-state index in [1.54, 1.807) is 12.1 Å². The molecule has 0 bridgehead atoms. The van der Waals surface area contributed by atoms with E-state index in [2.05, 4.69) is 20.5 Å². The van der Waals surface area contributed by atoms with Gasteiger partial charge in [0.2, 0.25) is 0 Å². The number of aromatic carboxylic acids is 1. The van der Waals surface area contributed by atoms with E-state index in [9.17, 15) is 24.7 Å². The highest BCUT2D eigenvalue weighted by molar-refractivity contribution is 6.43. The van der Waals surface area contributed by atoms with E-state index in [1.807, 2.05) is 0 Å². The number of hydrogen-bond donors (Lipinski definition) is 6. The van der Waals surface area contributed by atoms with Crippen molar-refractivity contribution in [2.75, 3.05) is 31.1 Å². The van der Waals surface area contributed by atoms with Crippen molar-refractivity contribution < 1.29 is 29.9 Å². The van der Waals surface area contributed by atoms with E-state index in [-0.39, 0.29) is 35.5 Å². The van der Waals surface area contributed by atoms with Gasteiger partial charge in [0.05, 0.1) is 11.5 Å². The number of para-hydroxylation sites is 1. The second-order valence-corrected chi connectivity index (χ2v) is 6.96. The Hall–Kier alpha value is -2.86. The van der Waals surface area contributed by atoms with Crippen molar-refractivity contribution in [3.05, 3.63) is 53.2 Å². The number of nitrogens with zero attached hydrogens (tertiary/aromatic N) is 2. The van der Waals surface area contributed by atoms with Gasteiger partial charge in [0.1, 0.15) is 17.1 Å². The number of aromatic hydroxyl groups is 1. The predicted molar refractivity (Wildman–Crippen MR) is 117 cm³/mol. The fourth-order valence-electron chi connectivity index (χ4n) is 3.25. The summed E-state index contributed by atoms with van der Waals surface area (Å²) in [6.07, 6.45) is 1.23. The van der Waals surface area contributed by atoms with Gasteiger partial charge in [-0.15, -0.1) is 12.4 Å². The first kappa shape index (κ1) is 24.4. The Balaban J connectivity index is 0.00000341. The van der Waals surface area contributed by atoms with E-state index in [0.29, 0.717) is 0 Å². The minimum atomic E-state index is -1.92. The fraction of sp³-hybridized carbons (Fsp3) is 0.316. The highest BCUT2D eigenvalue weighted by Gasteiger charge is 2.28. The van der Waals surface area contributed by atoms with Crippen molar-refractivity contribution in [3.8, 4) is 5.75 Å². The van der Waals surface area contributed by atoms with Gasteiger partial charge in [-0.2, -0.15) is 0 Å². The Morgan fingerprint density at radius 3 is 2.48 bits per heavy atom. The van der Waals surface area contributed by atoms with Gasteiger partial charge in [0.25, 0.3) is 5.91 Å². The molecule has 0 spiro atoms. The monoisotopic (exact) mass is 450 g/mol. The Kier molecular flexibility index (Phi) is 8.63. The summed E-state index contributed by atoms with van der Waals surface area (Å²) in [6, 6.07) is 7.44. The lowest BCUT2D eigenvalue weighted by Crippen LogP contribution is -2.48. The Morgan fingerprint density at radius 2 is 1.90 bits per heavy atom. The van der Waals surface area contributed by atoms with Gasteiger partial charge >= 0.3 is 13.1 Å². The molecule has 1 saturated heterocycles. The number of hydrogen-bond acceptors (Lipinski definition) is 8. The maximum absolute atomic E-state index is 12.5. The number of piperazine rings is 1. The lowest BCUT2D eigenvalue weighted by molar-refractivity contribution is 0.0693. The van der Waals surface area contributed by atoms with Crippen molar-refractivity contribution >= 4 is 37.2 Å². The summed E-state index contributed by atoms with van der Waals surface area (Å²) in [7, 11) is -1.92. The number of aromatic nitrogens is 1. The molecule has 1 atom stereocenters. The normalized spacial score (nSPS) is 14.3. The number of benzene rings is 1. The number of carboxylic acid groups (broad SMARTS) is 1. The van der Waals surface area contributed by atoms with Gasteiger partial charge in [0.15, 0.2) is 0 Å². The summed E-state index contributed by atoms with van der Waals surface area (Å²) in [5, 5.41) is 44.3. The van der Waals surface area contributed by atoms with Crippen molar-refractivity contribution in [2.24, 2.45) is 0 Å². The zero-order chi connectivity index (χ0) is 21.7. The standard InChI is InChI=1S/C19H23BN4O6.ClH/c25-17-12(2-1-3-14(17)19(27)28)10-15(20(29)30)23-18(26)13-4-5-16(22-11-13)24-8-6-21-7-9-24;/h1-5,11,15,21,25,29-30H,6-10H2,(H,23,26)(H,27,28);1H. The Morgan fingerprint density at radius 1 is 1.19 bits per heavy atom. The van der Waals surface area contributed by atoms with Crippen LogP contribution in [-0.4, -0.2) is 76.4 Å². The van der Waals surface area contributed by atoms with Crippen LogP contribution in [0.2, 0.25) is 0 Å². The lowest BCUT2D eigenvalue weighted by atomic mass is 9.75. The summed E-state index contributed by atoms with van der Waals surface area (Å²) in [4.78, 5) is 30.1. The van der Waals surface area contributed by atoms with Crippen molar-refractivity contribution in [3.63, 3.8) is 0 Å². The van der Waals surface area contributed by atoms with Crippen molar-refractivity contribution in [1.29, 1.82) is 0 Å². The highest BCUT2D eigenvalue weighted by Crippen LogP contribution is 2.24. The first-order valence-corrected chi connectivity index (χ1v) is 9.49. The molecule has 6 N–H and O–H groups in total. The van der Waals surface area contributed by atoms with E-state index in [0.717, 1.165) is 32.0 Å². The molecule has 3 rings (SSSR count). The van der Waals surface area contributed by atoms with Crippen molar-refractivity contribution in [1.82, 2.24) is 15.6 Å². The second-order valence-electron chi connectivity index (χ2n) is 6.96. The number of nitrogens with one attached hydrogen (secondary N) is 2. The summed E-state index contributed by atoms with van der Waals surface area (Å²) < 4.78 is 0. The molecule has 1 amide bonds. The number of phenols is 1. The average molecular weight is 451 g/mol. The SMILES string of the molecule is Cl.O=C(NC(Cc1cccc(C(=O)O)c1O)B(O)O)c1ccc(N2CCNCC2)nc1. The van der Waals surface area contributed by atoms with Crippen LogP contribution in [0.15, 0.2) is 36.5 Å².